The van der Waals surface area contributed by atoms with Crippen LogP contribution in [0.2, 0.25) is 0 Å². The molecule has 0 radical (unpaired) electrons. The van der Waals surface area contributed by atoms with Crippen LogP contribution in [0.3, 0.4) is 0 Å². The van der Waals surface area contributed by atoms with Gasteiger partial charge in [-0.1, -0.05) is 6.07 Å². The molecule has 0 saturated carbocycles. The summed E-state index contributed by atoms with van der Waals surface area (Å²) in [5.41, 5.74) is 7.45. The highest BCUT2D eigenvalue weighted by Gasteiger charge is 2.15. The van der Waals surface area contributed by atoms with E-state index in [1.54, 1.807) is 30.3 Å². The highest BCUT2D eigenvalue weighted by atomic mass is 32.2. The number of anilines is 2. The number of ether oxygens (including phenoxy) is 1. The fourth-order valence-corrected chi connectivity index (χ4v) is 2.83. The Morgan fingerprint density at radius 1 is 1.10 bits per heavy atom. The molecule has 0 unspecified atom stereocenters. The molecule has 0 amide bonds. The lowest BCUT2D eigenvalue weighted by atomic mass is 10.2. The molecule has 0 aliphatic heterocycles. The van der Waals surface area contributed by atoms with Crippen LogP contribution in [0.25, 0.3) is 0 Å². The van der Waals surface area contributed by atoms with Crippen molar-refractivity contribution in [3.63, 3.8) is 0 Å². The van der Waals surface area contributed by atoms with Crippen LogP contribution in [0.5, 0.6) is 5.75 Å². The zero-order valence-electron chi connectivity index (χ0n) is 11.3. The Kier molecular flexibility index (Phi) is 3.85. The van der Waals surface area contributed by atoms with E-state index in [1.165, 1.54) is 19.2 Å². The van der Waals surface area contributed by atoms with Gasteiger partial charge in [0.25, 0.3) is 10.0 Å². The Morgan fingerprint density at radius 2 is 1.75 bits per heavy atom. The first-order chi connectivity index (χ1) is 9.42. The molecular weight excluding hydrogens is 276 g/mol. The first-order valence-corrected chi connectivity index (χ1v) is 7.44. The molecule has 3 N–H and O–H groups in total. The van der Waals surface area contributed by atoms with Crippen molar-refractivity contribution in [2.45, 2.75) is 11.8 Å². The standard InChI is InChI=1S/C14H16N2O3S/c1-10-3-4-11(15)9-14(10)16-20(17,18)13-7-5-12(19-2)6-8-13/h3-9,16H,15H2,1-2H3. The number of benzene rings is 2. The average Bonchev–Trinajstić information content (AvgIpc) is 2.43. The SMILES string of the molecule is COc1ccc(S(=O)(=O)Nc2cc(N)ccc2C)cc1. The molecule has 5 nitrogen and oxygen atoms in total. The van der Waals surface area contributed by atoms with Crippen molar-refractivity contribution in [2.24, 2.45) is 0 Å². The molecule has 2 aromatic rings. The highest BCUT2D eigenvalue weighted by molar-refractivity contribution is 7.92. The highest BCUT2D eigenvalue weighted by Crippen LogP contribution is 2.23. The van der Waals surface area contributed by atoms with Gasteiger partial charge in [-0.25, -0.2) is 8.42 Å². The van der Waals surface area contributed by atoms with Crippen molar-refractivity contribution in [2.75, 3.05) is 17.6 Å². The van der Waals surface area contributed by atoms with Gasteiger partial charge in [0.1, 0.15) is 5.75 Å². The van der Waals surface area contributed by atoms with Gasteiger partial charge in [0.2, 0.25) is 0 Å². The number of aryl methyl sites for hydroxylation is 1. The Bertz CT molecular complexity index is 710. The van der Waals surface area contributed by atoms with Crippen molar-refractivity contribution in [1.29, 1.82) is 0 Å². The van der Waals surface area contributed by atoms with Gasteiger partial charge in [0, 0.05) is 5.69 Å². The summed E-state index contributed by atoms with van der Waals surface area (Å²) in [6, 6.07) is 11.3. The van der Waals surface area contributed by atoms with Crippen molar-refractivity contribution >= 4 is 21.4 Å². The fraction of sp³-hybridized carbons (Fsp3) is 0.143. The predicted octanol–water partition coefficient (Wildman–Crippen LogP) is 2.39. The Balaban J connectivity index is 2.32. The lowest BCUT2D eigenvalue weighted by molar-refractivity contribution is 0.414. The van der Waals surface area contributed by atoms with Gasteiger partial charge in [0.15, 0.2) is 0 Å². The molecule has 0 atom stereocenters. The van der Waals surface area contributed by atoms with E-state index in [1.807, 2.05) is 6.92 Å². The first kappa shape index (κ1) is 14.2. The van der Waals surface area contributed by atoms with Gasteiger partial charge < -0.3 is 10.5 Å². The van der Waals surface area contributed by atoms with E-state index in [0.717, 1.165) is 5.56 Å². The number of rotatable bonds is 4. The van der Waals surface area contributed by atoms with E-state index in [9.17, 15) is 8.42 Å². The van der Waals surface area contributed by atoms with Crippen LogP contribution < -0.4 is 15.2 Å². The molecule has 0 aliphatic carbocycles. The molecule has 0 aliphatic rings. The summed E-state index contributed by atoms with van der Waals surface area (Å²) in [6.45, 7) is 1.81. The normalized spacial score (nSPS) is 11.1. The van der Waals surface area contributed by atoms with Crippen molar-refractivity contribution < 1.29 is 13.2 Å². The number of hydrogen-bond acceptors (Lipinski definition) is 4. The van der Waals surface area contributed by atoms with E-state index in [4.69, 9.17) is 10.5 Å². The van der Waals surface area contributed by atoms with E-state index in [2.05, 4.69) is 4.72 Å². The number of sulfonamides is 1. The Labute approximate surface area is 118 Å². The third-order valence-electron chi connectivity index (χ3n) is 2.88. The molecule has 106 valence electrons. The maximum atomic E-state index is 12.3. The average molecular weight is 292 g/mol. The number of nitrogen functional groups attached to an aromatic ring is 1. The summed E-state index contributed by atoms with van der Waals surface area (Å²) in [4.78, 5) is 0.167. The van der Waals surface area contributed by atoms with E-state index >= 15 is 0 Å². The van der Waals surface area contributed by atoms with Gasteiger partial charge >= 0.3 is 0 Å². The minimum Gasteiger partial charge on any atom is -0.497 e. The topological polar surface area (TPSA) is 81.4 Å². The number of nitrogens with two attached hydrogens (primary N) is 1. The van der Waals surface area contributed by atoms with Crippen LogP contribution in [0.4, 0.5) is 11.4 Å². The van der Waals surface area contributed by atoms with Crippen molar-refractivity contribution in [3.8, 4) is 5.75 Å². The van der Waals surface area contributed by atoms with Gasteiger partial charge in [-0.3, -0.25) is 4.72 Å². The lowest BCUT2D eigenvalue weighted by Gasteiger charge is -2.11. The molecule has 0 fully saturated rings. The molecule has 2 aromatic carbocycles. The third-order valence-corrected chi connectivity index (χ3v) is 4.26. The summed E-state index contributed by atoms with van der Waals surface area (Å²) < 4.78 is 32.1. The Morgan fingerprint density at radius 3 is 2.35 bits per heavy atom. The fourth-order valence-electron chi connectivity index (χ4n) is 1.71. The Hall–Kier alpha value is -2.21. The van der Waals surface area contributed by atoms with Crippen LogP contribution in [0.1, 0.15) is 5.56 Å². The second kappa shape index (κ2) is 5.42. The number of nitrogens with one attached hydrogen (secondary N) is 1. The molecular formula is C14H16N2O3S. The second-order valence-electron chi connectivity index (χ2n) is 4.36. The van der Waals surface area contributed by atoms with Crippen LogP contribution in [0.15, 0.2) is 47.4 Å². The van der Waals surface area contributed by atoms with Crippen LogP contribution in [-0.2, 0) is 10.0 Å². The monoisotopic (exact) mass is 292 g/mol. The van der Waals surface area contributed by atoms with Crippen molar-refractivity contribution in [3.05, 3.63) is 48.0 Å². The van der Waals surface area contributed by atoms with Crippen LogP contribution in [-0.4, -0.2) is 15.5 Å². The quantitative estimate of drug-likeness (QED) is 0.848. The molecule has 0 saturated heterocycles. The molecule has 0 spiro atoms. The molecule has 0 aromatic heterocycles. The van der Waals surface area contributed by atoms with Crippen molar-refractivity contribution in [1.82, 2.24) is 0 Å². The van der Waals surface area contributed by atoms with Gasteiger partial charge in [-0.05, 0) is 48.9 Å². The van der Waals surface area contributed by atoms with E-state index in [-0.39, 0.29) is 4.90 Å². The second-order valence-corrected chi connectivity index (χ2v) is 6.04. The minimum atomic E-state index is -3.64. The summed E-state index contributed by atoms with van der Waals surface area (Å²) in [6.07, 6.45) is 0. The zero-order valence-corrected chi connectivity index (χ0v) is 12.1. The van der Waals surface area contributed by atoms with E-state index in [0.29, 0.717) is 17.1 Å². The van der Waals surface area contributed by atoms with E-state index < -0.39 is 10.0 Å². The molecule has 6 heteroatoms. The summed E-state index contributed by atoms with van der Waals surface area (Å²) >= 11 is 0. The van der Waals surface area contributed by atoms with Gasteiger partial charge in [-0.15, -0.1) is 0 Å². The maximum Gasteiger partial charge on any atom is 0.261 e. The molecule has 0 bridgehead atoms. The first-order valence-electron chi connectivity index (χ1n) is 5.95. The third kappa shape index (κ3) is 3.03. The minimum absolute atomic E-state index is 0.167. The summed E-state index contributed by atoms with van der Waals surface area (Å²) in [5.74, 6) is 0.601. The summed E-state index contributed by atoms with van der Waals surface area (Å²) in [7, 11) is -2.11. The molecule has 0 heterocycles. The maximum absolute atomic E-state index is 12.3. The molecule has 2 rings (SSSR count). The van der Waals surface area contributed by atoms with Gasteiger partial charge in [-0.2, -0.15) is 0 Å². The van der Waals surface area contributed by atoms with Crippen LogP contribution in [0, 0.1) is 6.92 Å². The number of hydrogen-bond donors (Lipinski definition) is 2. The zero-order chi connectivity index (χ0) is 14.8. The molecule has 20 heavy (non-hydrogen) atoms. The lowest BCUT2D eigenvalue weighted by Crippen LogP contribution is -2.13. The summed E-state index contributed by atoms with van der Waals surface area (Å²) in [5, 5.41) is 0. The predicted molar refractivity (Wildman–Crippen MR) is 79.4 cm³/mol. The van der Waals surface area contributed by atoms with Gasteiger partial charge in [0.05, 0.1) is 17.7 Å². The smallest absolute Gasteiger partial charge is 0.261 e. The van der Waals surface area contributed by atoms with Crippen LogP contribution >= 0.6 is 0 Å². The largest absolute Gasteiger partial charge is 0.497 e. The number of methoxy groups -OCH3 is 1.